The molecule has 2 heterocycles. The summed E-state index contributed by atoms with van der Waals surface area (Å²) >= 11 is 0. The third-order valence-electron chi connectivity index (χ3n) is 2.38. The summed E-state index contributed by atoms with van der Waals surface area (Å²) in [5.74, 6) is 1.02. The van der Waals surface area contributed by atoms with Crippen LogP contribution in [0.4, 0.5) is 5.69 Å². The highest BCUT2D eigenvalue weighted by molar-refractivity contribution is 5.62. The van der Waals surface area contributed by atoms with Crippen molar-refractivity contribution in [1.82, 2.24) is 9.38 Å². The zero-order valence-electron chi connectivity index (χ0n) is 8.69. The molecule has 2 aromatic heterocycles. The number of carbonyl (C=O) groups excluding carboxylic acids is 1. The minimum Gasteiger partial charge on any atom is -0.303 e. The lowest BCUT2D eigenvalue weighted by Gasteiger charge is -1.98. The SMILES string of the molecule is CCc1nc(C)c2cc(N=C=O)ccn12. The van der Waals surface area contributed by atoms with Crippen LogP contribution in [0.5, 0.6) is 0 Å². The molecule has 0 radical (unpaired) electrons. The van der Waals surface area contributed by atoms with Gasteiger partial charge in [-0.3, -0.25) is 0 Å². The first kappa shape index (κ1) is 9.62. The van der Waals surface area contributed by atoms with Gasteiger partial charge in [0.2, 0.25) is 6.08 Å². The molecule has 0 saturated carbocycles. The number of rotatable bonds is 2. The molecule has 0 aromatic carbocycles. The van der Waals surface area contributed by atoms with Crippen molar-refractivity contribution in [3.05, 3.63) is 29.8 Å². The van der Waals surface area contributed by atoms with Crippen LogP contribution in [0.3, 0.4) is 0 Å². The quantitative estimate of drug-likeness (QED) is 0.552. The molecule has 2 rings (SSSR count). The van der Waals surface area contributed by atoms with Crippen molar-refractivity contribution in [2.75, 3.05) is 0 Å². The number of imidazole rings is 1. The fraction of sp³-hybridized carbons (Fsp3) is 0.273. The highest BCUT2D eigenvalue weighted by atomic mass is 16.1. The molecule has 0 amide bonds. The zero-order valence-corrected chi connectivity index (χ0v) is 8.69. The van der Waals surface area contributed by atoms with Gasteiger partial charge in [0, 0.05) is 12.6 Å². The van der Waals surface area contributed by atoms with Crippen molar-refractivity contribution in [2.45, 2.75) is 20.3 Å². The molecule has 0 N–H and O–H groups in total. The van der Waals surface area contributed by atoms with Gasteiger partial charge in [-0.1, -0.05) is 6.92 Å². The van der Waals surface area contributed by atoms with Crippen molar-refractivity contribution in [1.29, 1.82) is 0 Å². The number of aryl methyl sites for hydroxylation is 2. The summed E-state index contributed by atoms with van der Waals surface area (Å²) in [5, 5.41) is 0. The van der Waals surface area contributed by atoms with Gasteiger partial charge in [-0.05, 0) is 19.1 Å². The molecular formula is C11H11N3O. The number of aliphatic imine (C=N–C) groups is 1. The van der Waals surface area contributed by atoms with E-state index >= 15 is 0 Å². The predicted octanol–water partition coefficient (Wildman–Crippen LogP) is 2.17. The van der Waals surface area contributed by atoms with Gasteiger partial charge in [0.05, 0.1) is 16.9 Å². The molecule has 0 saturated heterocycles. The van der Waals surface area contributed by atoms with Crippen LogP contribution in [-0.4, -0.2) is 15.5 Å². The molecule has 76 valence electrons. The first-order valence-corrected chi connectivity index (χ1v) is 4.81. The Morgan fingerprint density at radius 3 is 3.07 bits per heavy atom. The number of nitrogens with zero attached hydrogens (tertiary/aromatic N) is 3. The maximum absolute atomic E-state index is 10.1. The van der Waals surface area contributed by atoms with E-state index in [0.717, 1.165) is 23.5 Å². The van der Waals surface area contributed by atoms with Gasteiger partial charge < -0.3 is 4.40 Å². The second kappa shape index (κ2) is 3.67. The Hall–Kier alpha value is -1.93. The Balaban J connectivity index is 2.71. The number of hydrogen-bond acceptors (Lipinski definition) is 3. The van der Waals surface area contributed by atoms with Crippen LogP contribution in [0.15, 0.2) is 23.3 Å². The van der Waals surface area contributed by atoms with Crippen LogP contribution in [0.1, 0.15) is 18.4 Å². The topological polar surface area (TPSA) is 46.7 Å². The summed E-state index contributed by atoms with van der Waals surface area (Å²) in [4.78, 5) is 18.2. The third-order valence-corrected chi connectivity index (χ3v) is 2.38. The van der Waals surface area contributed by atoms with E-state index < -0.39 is 0 Å². The van der Waals surface area contributed by atoms with E-state index in [4.69, 9.17) is 0 Å². The van der Waals surface area contributed by atoms with Gasteiger partial charge in [-0.15, -0.1) is 0 Å². The largest absolute Gasteiger partial charge is 0.303 e. The highest BCUT2D eigenvalue weighted by Crippen LogP contribution is 2.19. The molecule has 0 atom stereocenters. The lowest BCUT2D eigenvalue weighted by atomic mass is 10.3. The van der Waals surface area contributed by atoms with Gasteiger partial charge in [-0.2, -0.15) is 4.99 Å². The van der Waals surface area contributed by atoms with E-state index in [9.17, 15) is 4.79 Å². The summed E-state index contributed by atoms with van der Waals surface area (Å²) in [6.07, 6.45) is 4.29. The molecule has 4 nitrogen and oxygen atoms in total. The summed E-state index contributed by atoms with van der Waals surface area (Å²) in [7, 11) is 0. The lowest BCUT2D eigenvalue weighted by Crippen LogP contribution is -1.90. The number of hydrogen-bond donors (Lipinski definition) is 0. The van der Waals surface area contributed by atoms with Crippen LogP contribution in [-0.2, 0) is 11.2 Å². The van der Waals surface area contributed by atoms with E-state index in [1.165, 1.54) is 6.08 Å². The number of pyridine rings is 1. The van der Waals surface area contributed by atoms with E-state index in [1.807, 2.05) is 23.6 Å². The monoisotopic (exact) mass is 201 g/mol. The van der Waals surface area contributed by atoms with Crippen molar-refractivity contribution >= 4 is 17.3 Å². The summed E-state index contributed by atoms with van der Waals surface area (Å²) in [6, 6.07) is 3.62. The van der Waals surface area contributed by atoms with E-state index in [-0.39, 0.29) is 0 Å². The molecule has 0 unspecified atom stereocenters. The zero-order chi connectivity index (χ0) is 10.8. The molecule has 2 aromatic rings. The van der Waals surface area contributed by atoms with Crippen LogP contribution < -0.4 is 0 Å². The molecule has 15 heavy (non-hydrogen) atoms. The Kier molecular flexibility index (Phi) is 2.35. The van der Waals surface area contributed by atoms with Crippen LogP contribution in [0.2, 0.25) is 0 Å². The Morgan fingerprint density at radius 2 is 2.40 bits per heavy atom. The van der Waals surface area contributed by atoms with Gasteiger partial charge in [0.15, 0.2) is 0 Å². The molecule has 0 aliphatic carbocycles. The third kappa shape index (κ3) is 1.55. The summed E-state index contributed by atoms with van der Waals surface area (Å²) in [6.45, 7) is 4.01. The molecule has 0 spiro atoms. The average molecular weight is 201 g/mol. The first-order chi connectivity index (χ1) is 7.26. The Morgan fingerprint density at radius 1 is 1.60 bits per heavy atom. The standard InChI is InChI=1S/C11H11N3O/c1-3-11-13-8(2)10-6-9(12-7-15)4-5-14(10)11/h4-6H,3H2,1-2H3. The number of aromatic nitrogens is 2. The average Bonchev–Trinajstić information content (AvgIpc) is 2.56. The smallest absolute Gasteiger partial charge is 0.240 e. The fourth-order valence-corrected chi connectivity index (χ4v) is 1.67. The Bertz CT molecular complexity index is 550. The molecule has 0 aliphatic heterocycles. The molecule has 0 bridgehead atoms. The maximum atomic E-state index is 10.1. The summed E-state index contributed by atoms with van der Waals surface area (Å²) in [5.41, 5.74) is 2.56. The van der Waals surface area contributed by atoms with Crippen molar-refractivity contribution < 1.29 is 4.79 Å². The minimum atomic E-state index is 0.614. The maximum Gasteiger partial charge on any atom is 0.240 e. The van der Waals surface area contributed by atoms with Crippen molar-refractivity contribution in [3.8, 4) is 0 Å². The van der Waals surface area contributed by atoms with E-state index in [0.29, 0.717) is 5.69 Å². The second-order valence-corrected chi connectivity index (χ2v) is 3.31. The molecule has 4 heteroatoms. The molecule has 0 fully saturated rings. The fourth-order valence-electron chi connectivity index (χ4n) is 1.67. The van der Waals surface area contributed by atoms with Crippen molar-refractivity contribution in [2.24, 2.45) is 4.99 Å². The summed E-state index contributed by atoms with van der Waals surface area (Å²) < 4.78 is 2.01. The van der Waals surface area contributed by atoms with Gasteiger partial charge in [-0.25, -0.2) is 9.78 Å². The lowest BCUT2D eigenvalue weighted by molar-refractivity contribution is 0.565. The van der Waals surface area contributed by atoms with Gasteiger partial charge in [0.25, 0.3) is 0 Å². The highest BCUT2D eigenvalue weighted by Gasteiger charge is 2.06. The van der Waals surface area contributed by atoms with E-state index in [2.05, 4.69) is 16.9 Å². The van der Waals surface area contributed by atoms with Gasteiger partial charge in [0.1, 0.15) is 5.82 Å². The second-order valence-electron chi connectivity index (χ2n) is 3.31. The van der Waals surface area contributed by atoms with Gasteiger partial charge >= 0.3 is 0 Å². The normalized spacial score (nSPS) is 10.3. The molecule has 0 aliphatic rings. The predicted molar refractivity (Wildman–Crippen MR) is 57.1 cm³/mol. The van der Waals surface area contributed by atoms with Crippen LogP contribution in [0, 0.1) is 6.92 Å². The first-order valence-electron chi connectivity index (χ1n) is 4.81. The van der Waals surface area contributed by atoms with Crippen LogP contribution >= 0.6 is 0 Å². The Labute approximate surface area is 87.3 Å². The van der Waals surface area contributed by atoms with E-state index in [1.54, 1.807) is 6.07 Å². The molecular weight excluding hydrogens is 190 g/mol. The number of fused-ring (bicyclic) bond motifs is 1. The van der Waals surface area contributed by atoms with Crippen LogP contribution in [0.25, 0.3) is 5.52 Å². The minimum absolute atomic E-state index is 0.614. The number of isocyanates is 1. The van der Waals surface area contributed by atoms with Crippen molar-refractivity contribution in [3.63, 3.8) is 0 Å².